The number of hydrogen-bond donors (Lipinski definition) is 3. The Kier molecular flexibility index (Phi) is 6.28. The number of halogens is 2. The van der Waals surface area contributed by atoms with E-state index in [4.69, 9.17) is 27.9 Å². The van der Waals surface area contributed by atoms with Crippen molar-refractivity contribution >= 4 is 51.9 Å². The van der Waals surface area contributed by atoms with Crippen molar-refractivity contribution in [2.75, 3.05) is 5.32 Å². The number of aryl methyl sites for hydroxylation is 2. The summed E-state index contributed by atoms with van der Waals surface area (Å²) in [5, 5.41) is 3.23. The van der Waals surface area contributed by atoms with E-state index in [1.165, 1.54) is 30.7 Å². The lowest BCUT2D eigenvalue weighted by atomic mass is 10.3. The molecule has 10 nitrogen and oxygen atoms in total. The first kappa shape index (κ1) is 21.6. The van der Waals surface area contributed by atoms with E-state index in [-0.39, 0.29) is 24.0 Å². The first-order valence-corrected chi connectivity index (χ1v) is 9.54. The van der Waals surface area contributed by atoms with Crippen LogP contribution in [-0.4, -0.2) is 37.5 Å². The molecule has 2 heterocycles. The Morgan fingerprint density at radius 3 is 2.73 bits per heavy atom. The normalized spacial score (nSPS) is 12.0. The largest absolute Gasteiger partial charge is 0.453 e. The minimum atomic E-state index is -1.08. The monoisotopic (exact) mass is 453 g/mol. The molecule has 1 amide bonds. The highest BCUT2D eigenvalue weighted by atomic mass is 35.5. The number of nitrogens with zero attached hydrogens (tertiary/aromatic N) is 2. The quantitative estimate of drug-likeness (QED) is 0.485. The Labute approximate surface area is 179 Å². The third kappa shape index (κ3) is 4.71. The molecular formula is C18H17Cl2N5O5. The molecule has 0 spiro atoms. The van der Waals surface area contributed by atoms with Crippen LogP contribution in [0.25, 0.3) is 11.2 Å². The summed E-state index contributed by atoms with van der Waals surface area (Å²) in [6.45, 7) is 1.42. The Morgan fingerprint density at radius 2 is 2.00 bits per heavy atom. The average Bonchev–Trinajstić information content (AvgIpc) is 3.12. The molecule has 0 fully saturated rings. The molecule has 12 heteroatoms. The number of ether oxygens (including phenoxy) is 1. The molecule has 30 heavy (non-hydrogen) atoms. The van der Waals surface area contributed by atoms with Gasteiger partial charge >= 0.3 is 11.7 Å². The summed E-state index contributed by atoms with van der Waals surface area (Å²) in [7, 11) is 1.46. The van der Waals surface area contributed by atoms with Crippen molar-refractivity contribution in [1.82, 2.24) is 19.5 Å². The Morgan fingerprint density at radius 1 is 1.27 bits per heavy atom. The van der Waals surface area contributed by atoms with Gasteiger partial charge in [0, 0.05) is 18.5 Å². The molecule has 2 aromatic heterocycles. The van der Waals surface area contributed by atoms with Gasteiger partial charge in [-0.3, -0.25) is 23.9 Å². The minimum Gasteiger partial charge on any atom is -0.453 e. The van der Waals surface area contributed by atoms with Crippen molar-refractivity contribution in [3.63, 3.8) is 0 Å². The van der Waals surface area contributed by atoms with Crippen LogP contribution < -0.4 is 16.6 Å². The number of esters is 1. The maximum Gasteiger partial charge on any atom is 0.329 e. The molecule has 0 saturated heterocycles. The van der Waals surface area contributed by atoms with Gasteiger partial charge in [0.2, 0.25) is 0 Å². The molecule has 0 saturated carbocycles. The third-order valence-corrected chi connectivity index (χ3v) is 4.80. The predicted octanol–water partition coefficient (Wildman–Crippen LogP) is 1.76. The maximum atomic E-state index is 12.2. The first-order chi connectivity index (χ1) is 14.2. The van der Waals surface area contributed by atoms with Crippen LogP contribution in [0.4, 0.5) is 5.69 Å². The van der Waals surface area contributed by atoms with E-state index >= 15 is 0 Å². The van der Waals surface area contributed by atoms with E-state index in [2.05, 4.69) is 20.3 Å². The van der Waals surface area contributed by atoms with E-state index in [1.807, 2.05) is 0 Å². The molecular weight excluding hydrogens is 437 g/mol. The summed E-state index contributed by atoms with van der Waals surface area (Å²) in [5.41, 5.74) is -0.580. The fourth-order valence-corrected chi connectivity index (χ4v) is 2.97. The number of benzene rings is 1. The van der Waals surface area contributed by atoms with Gasteiger partial charge in [0.05, 0.1) is 17.1 Å². The number of hydrogen-bond acceptors (Lipinski definition) is 6. The summed E-state index contributed by atoms with van der Waals surface area (Å²) < 4.78 is 6.31. The minimum absolute atomic E-state index is 0.0960. The lowest BCUT2D eigenvalue weighted by Crippen LogP contribution is -2.30. The zero-order chi connectivity index (χ0) is 22.0. The van der Waals surface area contributed by atoms with Gasteiger partial charge in [-0.25, -0.2) is 9.78 Å². The van der Waals surface area contributed by atoms with Crippen molar-refractivity contribution in [2.24, 2.45) is 7.05 Å². The number of aromatic nitrogens is 4. The SMILES string of the molecule is CC(OC(=O)CCc1nc2c([nH]1)c(=O)[nH]c(=O)n2C)C(=O)Nc1cc(Cl)ccc1Cl. The number of aromatic amines is 2. The summed E-state index contributed by atoms with van der Waals surface area (Å²) in [4.78, 5) is 56.9. The van der Waals surface area contributed by atoms with Gasteiger partial charge in [-0.15, -0.1) is 0 Å². The van der Waals surface area contributed by atoms with Gasteiger partial charge in [-0.1, -0.05) is 23.2 Å². The van der Waals surface area contributed by atoms with Crippen molar-refractivity contribution in [3.8, 4) is 0 Å². The van der Waals surface area contributed by atoms with Crippen molar-refractivity contribution in [3.05, 3.63) is 54.9 Å². The number of nitrogens with one attached hydrogen (secondary N) is 3. The lowest BCUT2D eigenvalue weighted by Gasteiger charge is -2.14. The van der Waals surface area contributed by atoms with Crippen LogP contribution in [0.3, 0.4) is 0 Å². The van der Waals surface area contributed by atoms with Crippen LogP contribution in [0, 0.1) is 0 Å². The van der Waals surface area contributed by atoms with Gasteiger partial charge < -0.3 is 15.0 Å². The highest BCUT2D eigenvalue weighted by Crippen LogP contribution is 2.25. The summed E-state index contributed by atoms with van der Waals surface area (Å²) >= 11 is 11.9. The second kappa shape index (κ2) is 8.72. The van der Waals surface area contributed by atoms with Gasteiger partial charge in [0.1, 0.15) is 11.3 Å². The third-order valence-electron chi connectivity index (χ3n) is 4.23. The van der Waals surface area contributed by atoms with Crippen LogP contribution in [-0.2, 0) is 27.8 Å². The van der Waals surface area contributed by atoms with Crippen LogP contribution in [0.1, 0.15) is 19.2 Å². The summed E-state index contributed by atoms with van der Waals surface area (Å²) in [6, 6.07) is 4.59. The zero-order valence-corrected chi connectivity index (χ0v) is 17.4. The van der Waals surface area contributed by atoms with Crippen molar-refractivity contribution < 1.29 is 14.3 Å². The standard InChI is InChI=1S/C18H17Cl2N5O5/c1-8(16(27)21-11-7-9(19)3-4-10(11)20)30-13(26)6-5-12-22-14-15(23-12)25(2)18(29)24-17(14)28/h3-4,7-8H,5-6H2,1-2H3,(H,21,27)(H,22,23)(H,24,28,29). The molecule has 0 aliphatic carbocycles. The fraction of sp³-hybridized carbons (Fsp3) is 0.278. The molecule has 0 aliphatic heterocycles. The molecule has 0 bridgehead atoms. The maximum absolute atomic E-state index is 12.2. The molecule has 1 aromatic carbocycles. The highest BCUT2D eigenvalue weighted by molar-refractivity contribution is 6.35. The van der Waals surface area contributed by atoms with Gasteiger partial charge in [-0.05, 0) is 25.1 Å². The predicted molar refractivity (Wildman–Crippen MR) is 111 cm³/mol. The molecule has 0 radical (unpaired) electrons. The van der Waals surface area contributed by atoms with E-state index in [0.717, 1.165) is 0 Å². The second-order valence-electron chi connectivity index (χ2n) is 6.45. The Balaban J connectivity index is 1.59. The molecule has 158 valence electrons. The molecule has 3 aromatic rings. The molecule has 1 unspecified atom stereocenters. The summed E-state index contributed by atoms with van der Waals surface area (Å²) in [5.74, 6) is -0.882. The van der Waals surface area contributed by atoms with Crippen LogP contribution in [0.2, 0.25) is 10.0 Å². The van der Waals surface area contributed by atoms with E-state index in [9.17, 15) is 19.2 Å². The van der Waals surface area contributed by atoms with Gasteiger partial charge in [0.15, 0.2) is 11.8 Å². The fourth-order valence-electron chi connectivity index (χ4n) is 2.63. The topological polar surface area (TPSA) is 139 Å². The number of carbonyl (C=O) groups excluding carboxylic acids is 2. The first-order valence-electron chi connectivity index (χ1n) is 8.79. The molecule has 3 N–H and O–H groups in total. The Bertz CT molecular complexity index is 1250. The molecule has 1 atom stereocenters. The smallest absolute Gasteiger partial charge is 0.329 e. The van der Waals surface area contributed by atoms with Crippen molar-refractivity contribution in [1.29, 1.82) is 0 Å². The summed E-state index contributed by atoms with van der Waals surface area (Å²) in [6.07, 6.45) is -1.05. The van der Waals surface area contributed by atoms with Gasteiger partial charge in [0.25, 0.3) is 11.5 Å². The second-order valence-corrected chi connectivity index (χ2v) is 7.29. The van der Waals surface area contributed by atoms with Crippen LogP contribution in [0.5, 0.6) is 0 Å². The zero-order valence-electron chi connectivity index (χ0n) is 15.9. The van der Waals surface area contributed by atoms with Crippen molar-refractivity contribution in [2.45, 2.75) is 25.9 Å². The lowest BCUT2D eigenvalue weighted by molar-refractivity contribution is -0.153. The number of imidazole rings is 1. The van der Waals surface area contributed by atoms with Gasteiger partial charge in [-0.2, -0.15) is 0 Å². The average molecular weight is 454 g/mol. The number of fused-ring (bicyclic) bond motifs is 1. The van der Waals surface area contributed by atoms with E-state index in [0.29, 0.717) is 21.6 Å². The van der Waals surface area contributed by atoms with E-state index < -0.39 is 29.2 Å². The Hall–Kier alpha value is -3.11. The number of carbonyl (C=O) groups is 2. The van der Waals surface area contributed by atoms with E-state index in [1.54, 1.807) is 6.07 Å². The number of rotatable bonds is 6. The number of amides is 1. The van der Waals surface area contributed by atoms with Crippen LogP contribution in [0.15, 0.2) is 27.8 Å². The number of H-pyrrole nitrogens is 2. The number of anilines is 1. The molecule has 0 aliphatic rings. The molecule has 3 rings (SSSR count). The van der Waals surface area contributed by atoms with Crippen LogP contribution >= 0.6 is 23.2 Å². The highest BCUT2D eigenvalue weighted by Gasteiger charge is 2.20.